The fourth-order valence-electron chi connectivity index (χ4n) is 2.89. The summed E-state index contributed by atoms with van der Waals surface area (Å²) in [6.45, 7) is 2.87. The summed E-state index contributed by atoms with van der Waals surface area (Å²) in [5, 5.41) is 13.6. The minimum Gasteiger partial charge on any atom is -0.354 e. The molecule has 3 rings (SSSR count). The molecule has 0 spiro atoms. The third kappa shape index (κ3) is 5.67. The topological polar surface area (TPSA) is 78.0 Å². The van der Waals surface area contributed by atoms with Crippen molar-refractivity contribution in [1.29, 1.82) is 0 Å². The summed E-state index contributed by atoms with van der Waals surface area (Å²) >= 11 is 0. The Morgan fingerprint density at radius 1 is 1.11 bits per heavy atom. The highest BCUT2D eigenvalue weighted by Crippen LogP contribution is 2.15. The van der Waals surface area contributed by atoms with Crippen LogP contribution >= 0.6 is 0 Å². The van der Waals surface area contributed by atoms with Crippen LogP contribution in [0.4, 0.5) is 0 Å². The van der Waals surface area contributed by atoms with Crippen LogP contribution in [0.25, 0.3) is 11.4 Å². The average Bonchev–Trinajstić information content (AvgIpc) is 3.25. The lowest BCUT2D eigenvalue weighted by molar-refractivity contribution is 0.593. The summed E-state index contributed by atoms with van der Waals surface area (Å²) in [7, 11) is 1.80. The van der Waals surface area contributed by atoms with Gasteiger partial charge in [0.15, 0.2) is 11.8 Å². The van der Waals surface area contributed by atoms with Crippen LogP contribution in [-0.2, 0) is 13.0 Å². The van der Waals surface area contributed by atoms with Gasteiger partial charge in [0.25, 0.3) is 0 Å². The number of benzene rings is 2. The molecule has 1 heterocycles. The number of hydrogen-bond donors (Lipinski definition) is 3. The van der Waals surface area contributed by atoms with Crippen LogP contribution in [0.2, 0.25) is 0 Å². The van der Waals surface area contributed by atoms with E-state index in [1.54, 1.807) is 7.05 Å². The standard InChI is InChI=1S/C21H26N6/c1-16(11-12-17-7-4-3-5-8-17)26-21(22-2)23-14-18-9-6-10-19(13-18)20-24-15-25-27-20/h3-10,13,15-16H,11-12,14H2,1-2H3,(H2,22,23,26)(H,24,25,27). The number of hydrogen-bond acceptors (Lipinski definition) is 3. The van der Waals surface area contributed by atoms with E-state index in [1.165, 1.54) is 11.9 Å². The maximum atomic E-state index is 4.34. The Morgan fingerprint density at radius 2 is 1.93 bits per heavy atom. The molecule has 0 aliphatic carbocycles. The van der Waals surface area contributed by atoms with Crippen LogP contribution in [0, 0.1) is 0 Å². The first-order valence-corrected chi connectivity index (χ1v) is 9.20. The van der Waals surface area contributed by atoms with E-state index in [2.05, 4.69) is 74.1 Å². The van der Waals surface area contributed by atoms with Crippen molar-refractivity contribution in [2.24, 2.45) is 4.99 Å². The second-order valence-corrected chi connectivity index (χ2v) is 6.53. The molecule has 0 saturated heterocycles. The number of aromatic nitrogens is 3. The SMILES string of the molecule is CN=C(NCc1cccc(-c2ncn[nH]2)c1)NC(C)CCc1ccccc1. The second kappa shape index (κ2) is 9.52. The number of aliphatic imine (C=N–C) groups is 1. The maximum Gasteiger partial charge on any atom is 0.191 e. The van der Waals surface area contributed by atoms with Crippen molar-refractivity contribution in [2.75, 3.05) is 7.05 Å². The average molecular weight is 362 g/mol. The van der Waals surface area contributed by atoms with E-state index in [1.807, 2.05) is 18.2 Å². The highest BCUT2D eigenvalue weighted by atomic mass is 15.2. The molecule has 3 aromatic rings. The molecular weight excluding hydrogens is 336 g/mol. The van der Waals surface area contributed by atoms with Gasteiger partial charge in [0.1, 0.15) is 6.33 Å². The fourth-order valence-corrected chi connectivity index (χ4v) is 2.89. The van der Waals surface area contributed by atoms with Crippen LogP contribution in [-0.4, -0.2) is 34.2 Å². The summed E-state index contributed by atoms with van der Waals surface area (Å²) in [6, 6.07) is 19.1. The van der Waals surface area contributed by atoms with E-state index in [4.69, 9.17) is 0 Å². The third-order valence-electron chi connectivity index (χ3n) is 4.39. The quantitative estimate of drug-likeness (QED) is 0.446. The largest absolute Gasteiger partial charge is 0.354 e. The molecule has 0 aliphatic heterocycles. The molecule has 27 heavy (non-hydrogen) atoms. The van der Waals surface area contributed by atoms with Crippen molar-refractivity contribution in [3.8, 4) is 11.4 Å². The van der Waals surface area contributed by atoms with Crippen molar-refractivity contribution < 1.29 is 0 Å². The third-order valence-corrected chi connectivity index (χ3v) is 4.39. The molecular formula is C21H26N6. The molecule has 0 radical (unpaired) electrons. The highest BCUT2D eigenvalue weighted by Gasteiger charge is 2.07. The molecule has 0 aliphatic rings. The van der Waals surface area contributed by atoms with Gasteiger partial charge in [0.05, 0.1) is 0 Å². The predicted octanol–water partition coefficient (Wildman–Crippen LogP) is 3.16. The lowest BCUT2D eigenvalue weighted by Crippen LogP contribution is -2.42. The summed E-state index contributed by atoms with van der Waals surface area (Å²) in [4.78, 5) is 8.54. The number of nitrogens with one attached hydrogen (secondary N) is 3. The van der Waals surface area contributed by atoms with Gasteiger partial charge in [-0.2, -0.15) is 5.10 Å². The highest BCUT2D eigenvalue weighted by molar-refractivity contribution is 5.79. The van der Waals surface area contributed by atoms with Gasteiger partial charge in [0.2, 0.25) is 0 Å². The molecule has 6 nitrogen and oxygen atoms in total. The molecule has 3 N–H and O–H groups in total. The van der Waals surface area contributed by atoms with Crippen LogP contribution in [0.15, 0.2) is 65.9 Å². The Bertz CT molecular complexity index is 842. The molecule has 0 fully saturated rings. The fraction of sp³-hybridized carbons (Fsp3) is 0.286. The van der Waals surface area contributed by atoms with E-state index in [9.17, 15) is 0 Å². The van der Waals surface area contributed by atoms with E-state index >= 15 is 0 Å². The summed E-state index contributed by atoms with van der Waals surface area (Å²) in [5.74, 6) is 1.58. The van der Waals surface area contributed by atoms with Crippen LogP contribution in [0.5, 0.6) is 0 Å². The predicted molar refractivity (Wildman–Crippen MR) is 109 cm³/mol. The maximum absolute atomic E-state index is 4.34. The summed E-state index contributed by atoms with van der Waals surface area (Å²) < 4.78 is 0. The van der Waals surface area contributed by atoms with Crippen LogP contribution < -0.4 is 10.6 Å². The number of aryl methyl sites for hydroxylation is 1. The molecule has 6 heteroatoms. The second-order valence-electron chi connectivity index (χ2n) is 6.53. The Balaban J connectivity index is 1.49. The van der Waals surface area contributed by atoms with Gasteiger partial charge in [-0.05, 0) is 37.0 Å². The van der Waals surface area contributed by atoms with Gasteiger partial charge in [-0.25, -0.2) is 4.98 Å². The molecule has 1 aromatic heterocycles. The monoisotopic (exact) mass is 362 g/mol. The first-order valence-electron chi connectivity index (χ1n) is 9.20. The number of guanidine groups is 1. The van der Waals surface area contributed by atoms with Gasteiger partial charge < -0.3 is 10.6 Å². The van der Waals surface area contributed by atoms with Crippen molar-refractivity contribution in [1.82, 2.24) is 25.8 Å². The number of rotatable bonds is 7. The molecule has 1 atom stereocenters. The normalized spacial score (nSPS) is 12.6. The Kier molecular flexibility index (Phi) is 6.57. The number of nitrogens with zero attached hydrogens (tertiary/aromatic N) is 3. The van der Waals surface area contributed by atoms with Crippen molar-refractivity contribution in [2.45, 2.75) is 32.4 Å². The van der Waals surface area contributed by atoms with E-state index in [0.717, 1.165) is 35.8 Å². The molecule has 0 saturated carbocycles. The number of aromatic amines is 1. The van der Waals surface area contributed by atoms with Gasteiger partial charge in [-0.3, -0.25) is 10.1 Å². The summed E-state index contributed by atoms with van der Waals surface area (Å²) in [5.41, 5.74) is 3.54. The Morgan fingerprint density at radius 3 is 2.67 bits per heavy atom. The molecule has 2 aromatic carbocycles. The zero-order valence-electron chi connectivity index (χ0n) is 15.8. The lowest BCUT2D eigenvalue weighted by Gasteiger charge is -2.18. The molecule has 1 unspecified atom stereocenters. The lowest BCUT2D eigenvalue weighted by atomic mass is 10.1. The number of H-pyrrole nitrogens is 1. The molecule has 0 bridgehead atoms. The van der Waals surface area contributed by atoms with E-state index in [0.29, 0.717) is 12.6 Å². The van der Waals surface area contributed by atoms with E-state index in [-0.39, 0.29) is 0 Å². The van der Waals surface area contributed by atoms with Crippen molar-refractivity contribution >= 4 is 5.96 Å². The first-order chi connectivity index (χ1) is 13.2. The van der Waals surface area contributed by atoms with Gasteiger partial charge in [-0.1, -0.05) is 48.5 Å². The van der Waals surface area contributed by atoms with Gasteiger partial charge in [-0.15, -0.1) is 0 Å². The Hall–Kier alpha value is -3.15. The van der Waals surface area contributed by atoms with Crippen LogP contribution in [0.1, 0.15) is 24.5 Å². The first kappa shape index (κ1) is 18.6. The van der Waals surface area contributed by atoms with Crippen molar-refractivity contribution in [3.63, 3.8) is 0 Å². The zero-order chi connectivity index (χ0) is 18.9. The minimum absolute atomic E-state index is 0.330. The summed E-state index contributed by atoms with van der Waals surface area (Å²) in [6.07, 6.45) is 3.61. The van der Waals surface area contributed by atoms with Crippen molar-refractivity contribution in [3.05, 3.63) is 72.1 Å². The van der Waals surface area contributed by atoms with E-state index < -0.39 is 0 Å². The zero-order valence-corrected chi connectivity index (χ0v) is 15.8. The van der Waals surface area contributed by atoms with Gasteiger partial charge in [0, 0.05) is 25.2 Å². The van der Waals surface area contributed by atoms with Crippen LogP contribution in [0.3, 0.4) is 0 Å². The van der Waals surface area contributed by atoms with Gasteiger partial charge >= 0.3 is 0 Å². The smallest absolute Gasteiger partial charge is 0.191 e. The minimum atomic E-state index is 0.330. The molecule has 140 valence electrons. The Labute approximate surface area is 160 Å². The molecule has 0 amide bonds.